The van der Waals surface area contributed by atoms with Gasteiger partial charge < -0.3 is 9.64 Å². The smallest absolute Gasteiger partial charge is 0.168 e. The van der Waals surface area contributed by atoms with Gasteiger partial charge >= 0.3 is 0 Å². The molecule has 10 heteroatoms. The Bertz CT molecular complexity index is 1300. The van der Waals surface area contributed by atoms with Gasteiger partial charge in [-0.15, -0.1) is 10.2 Å². The molecule has 7 rings (SSSR count). The average Bonchev–Trinajstić information content (AvgIpc) is 3.41. The van der Waals surface area contributed by atoms with E-state index in [2.05, 4.69) is 36.8 Å². The number of halogens is 3. The highest BCUT2D eigenvalue weighted by Crippen LogP contribution is 2.56. The SMILES string of the molecule is Fc1cnc(N2CC3(CC(c4nnc5n4-c4ccc(Cl)cc4CN([C@@H]4CCOC4)C5)C3)C2)c(F)c1. The van der Waals surface area contributed by atoms with Crippen molar-refractivity contribution in [1.29, 1.82) is 0 Å². The van der Waals surface area contributed by atoms with Crippen LogP contribution < -0.4 is 4.90 Å². The summed E-state index contributed by atoms with van der Waals surface area (Å²) < 4.78 is 35.3. The summed E-state index contributed by atoms with van der Waals surface area (Å²) in [5, 5.41) is 10.0. The van der Waals surface area contributed by atoms with Gasteiger partial charge in [0.15, 0.2) is 17.5 Å². The van der Waals surface area contributed by atoms with Crippen molar-refractivity contribution in [1.82, 2.24) is 24.6 Å². The maximum atomic E-state index is 14.1. The molecule has 5 heterocycles. The number of rotatable bonds is 3. The largest absolute Gasteiger partial charge is 0.380 e. The Morgan fingerprint density at radius 3 is 2.71 bits per heavy atom. The molecule has 0 unspecified atom stereocenters. The van der Waals surface area contributed by atoms with Crippen LogP contribution in [-0.2, 0) is 17.8 Å². The second kappa shape index (κ2) is 7.94. The number of benzene rings is 1. The lowest BCUT2D eigenvalue weighted by atomic mass is 9.57. The van der Waals surface area contributed by atoms with Gasteiger partial charge in [-0.05, 0) is 43.0 Å². The maximum Gasteiger partial charge on any atom is 0.168 e. The minimum absolute atomic E-state index is 0.125. The molecule has 1 saturated carbocycles. The van der Waals surface area contributed by atoms with Gasteiger partial charge in [-0.1, -0.05) is 11.6 Å². The van der Waals surface area contributed by atoms with Gasteiger partial charge in [-0.2, -0.15) is 0 Å². The van der Waals surface area contributed by atoms with Crippen LogP contribution in [-0.4, -0.2) is 57.0 Å². The van der Waals surface area contributed by atoms with E-state index < -0.39 is 11.6 Å². The van der Waals surface area contributed by atoms with Gasteiger partial charge in [0.25, 0.3) is 0 Å². The lowest BCUT2D eigenvalue weighted by Crippen LogP contribution is -2.62. The topological polar surface area (TPSA) is 59.3 Å². The third-order valence-electron chi connectivity index (χ3n) is 8.04. The molecule has 1 aliphatic carbocycles. The molecule has 0 bridgehead atoms. The summed E-state index contributed by atoms with van der Waals surface area (Å²) in [5.74, 6) is 1.20. The molecule has 7 nitrogen and oxygen atoms in total. The summed E-state index contributed by atoms with van der Waals surface area (Å²) in [6, 6.07) is 7.31. The number of hydrogen-bond acceptors (Lipinski definition) is 6. The molecule has 2 aromatic heterocycles. The van der Waals surface area contributed by atoms with Crippen LogP contribution >= 0.6 is 11.6 Å². The zero-order valence-corrected chi connectivity index (χ0v) is 19.9. The number of nitrogens with zero attached hydrogens (tertiary/aromatic N) is 6. The number of aromatic nitrogens is 4. The van der Waals surface area contributed by atoms with Crippen molar-refractivity contribution >= 4 is 17.4 Å². The molecule has 0 radical (unpaired) electrons. The van der Waals surface area contributed by atoms with Crippen LogP contribution in [0.25, 0.3) is 5.69 Å². The monoisotopic (exact) mass is 498 g/mol. The molecule has 2 saturated heterocycles. The maximum absolute atomic E-state index is 14.1. The van der Waals surface area contributed by atoms with Crippen molar-refractivity contribution in [2.45, 2.75) is 44.3 Å². The molecule has 1 atom stereocenters. The van der Waals surface area contributed by atoms with E-state index in [-0.39, 0.29) is 17.2 Å². The molecular formula is C25H25ClF2N6O. The van der Waals surface area contributed by atoms with Crippen LogP contribution in [0.15, 0.2) is 30.5 Å². The summed E-state index contributed by atoms with van der Waals surface area (Å²) in [6.07, 6.45) is 4.02. The Labute approximate surface area is 206 Å². The summed E-state index contributed by atoms with van der Waals surface area (Å²) >= 11 is 6.39. The lowest BCUT2D eigenvalue weighted by molar-refractivity contribution is 0.0575. The first-order valence-electron chi connectivity index (χ1n) is 12.1. The van der Waals surface area contributed by atoms with Crippen LogP contribution in [0.5, 0.6) is 0 Å². The molecule has 3 aromatic rings. The van der Waals surface area contributed by atoms with Crippen molar-refractivity contribution in [3.63, 3.8) is 0 Å². The zero-order chi connectivity index (χ0) is 23.7. The first-order chi connectivity index (χ1) is 17.0. The fraction of sp³-hybridized carbons (Fsp3) is 0.480. The molecule has 35 heavy (non-hydrogen) atoms. The van der Waals surface area contributed by atoms with Gasteiger partial charge in [0.2, 0.25) is 0 Å². The van der Waals surface area contributed by atoms with Crippen molar-refractivity contribution in [3.05, 3.63) is 64.3 Å². The number of ether oxygens (including phenoxy) is 1. The van der Waals surface area contributed by atoms with E-state index in [1.54, 1.807) is 0 Å². The van der Waals surface area contributed by atoms with Gasteiger partial charge in [-0.3, -0.25) is 9.47 Å². The normalized spacial score (nSPS) is 23.5. The molecular weight excluding hydrogens is 474 g/mol. The minimum Gasteiger partial charge on any atom is -0.380 e. The fourth-order valence-corrected chi connectivity index (χ4v) is 6.56. The number of pyridine rings is 1. The van der Waals surface area contributed by atoms with Crippen LogP contribution in [0.3, 0.4) is 0 Å². The number of hydrogen-bond donors (Lipinski definition) is 0. The third-order valence-corrected chi connectivity index (χ3v) is 8.28. The quantitative estimate of drug-likeness (QED) is 0.542. The first kappa shape index (κ1) is 21.6. The minimum atomic E-state index is -0.654. The van der Waals surface area contributed by atoms with E-state index in [1.165, 1.54) is 5.56 Å². The van der Waals surface area contributed by atoms with Gasteiger partial charge in [-0.25, -0.2) is 13.8 Å². The molecule has 3 aliphatic heterocycles. The van der Waals surface area contributed by atoms with Crippen LogP contribution in [0.4, 0.5) is 14.6 Å². The summed E-state index contributed by atoms with van der Waals surface area (Å²) in [7, 11) is 0. The van der Waals surface area contributed by atoms with E-state index >= 15 is 0 Å². The molecule has 4 aliphatic rings. The van der Waals surface area contributed by atoms with Crippen molar-refractivity contribution < 1.29 is 13.5 Å². The Morgan fingerprint density at radius 1 is 1.09 bits per heavy atom. The predicted molar refractivity (Wildman–Crippen MR) is 126 cm³/mol. The van der Waals surface area contributed by atoms with Gasteiger partial charge in [0, 0.05) is 54.7 Å². The van der Waals surface area contributed by atoms with Crippen molar-refractivity contribution in [2.24, 2.45) is 5.41 Å². The molecule has 1 aromatic carbocycles. The lowest BCUT2D eigenvalue weighted by Gasteiger charge is -2.59. The number of anilines is 1. The molecule has 3 fully saturated rings. The zero-order valence-electron chi connectivity index (χ0n) is 19.1. The fourth-order valence-electron chi connectivity index (χ4n) is 6.36. The molecule has 0 N–H and O–H groups in total. The Morgan fingerprint density at radius 2 is 1.94 bits per heavy atom. The summed E-state index contributed by atoms with van der Waals surface area (Å²) in [6.45, 7) is 4.49. The third kappa shape index (κ3) is 3.55. The van der Waals surface area contributed by atoms with Crippen molar-refractivity contribution in [3.8, 4) is 5.69 Å². The predicted octanol–water partition coefficient (Wildman–Crippen LogP) is 4.08. The standard InChI is InChI=1S/C25H25ClF2N6O/c26-17-1-2-21-15(5-17)10-32(19-3-4-35-12-19)11-22-30-31-23(34(21)22)16-7-25(8-16)13-33(14-25)24-20(28)6-18(27)9-29-24/h1-2,5-6,9,16,19H,3-4,7-8,10-14H2/t19-/m1/s1. The van der Waals surface area contributed by atoms with Gasteiger partial charge in [0.1, 0.15) is 11.6 Å². The van der Waals surface area contributed by atoms with Crippen molar-refractivity contribution in [2.75, 3.05) is 31.2 Å². The van der Waals surface area contributed by atoms with E-state index in [9.17, 15) is 8.78 Å². The van der Waals surface area contributed by atoms with Crippen LogP contribution in [0, 0.1) is 17.0 Å². The van der Waals surface area contributed by atoms with E-state index in [0.29, 0.717) is 12.6 Å². The Hall–Kier alpha value is -2.62. The molecule has 0 amide bonds. The molecule has 182 valence electrons. The highest BCUT2D eigenvalue weighted by molar-refractivity contribution is 6.30. The van der Waals surface area contributed by atoms with Crippen LogP contribution in [0.2, 0.25) is 5.02 Å². The second-order valence-corrected chi connectivity index (χ2v) is 10.9. The second-order valence-electron chi connectivity index (χ2n) is 10.4. The summed E-state index contributed by atoms with van der Waals surface area (Å²) in [5.41, 5.74) is 2.39. The van der Waals surface area contributed by atoms with Crippen LogP contribution in [0.1, 0.15) is 42.4 Å². The summed E-state index contributed by atoms with van der Waals surface area (Å²) in [4.78, 5) is 8.28. The Balaban J connectivity index is 1.14. The average molecular weight is 499 g/mol. The van der Waals surface area contributed by atoms with E-state index in [4.69, 9.17) is 16.3 Å². The van der Waals surface area contributed by atoms with Gasteiger partial charge in [0.05, 0.1) is 25.0 Å². The van der Waals surface area contributed by atoms with E-state index in [0.717, 1.165) is 86.7 Å². The molecule has 1 spiro atoms. The number of fused-ring (bicyclic) bond motifs is 3. The highest BCUT2D eigenvalue weighted by atomic mass is 35.5. The van der Waals surface area contributed by atoms with E-state index in [1.807, 2.05) is 11.0 Å². The first-order valence-corrected chi connectivity index (χ1v) is 12.5. The Kier molecular flexibility index (Phi) is 4.91. The highest BCUT2D eigenvalue weighted by Gasteiger charge is 2.55.